The number of hydrogen-bond acceptors (Lipinski definition) is 1. The minimum absolute atomic E-state index is 0.268. The molecule has 0 unspecified atom stereocenters. The Morgan fingerprint density at radius 2 is 1.83 bits per heavy atom. The Kier molecular flexibility index (Phi) is 3.10. The molecule has 0 radical (unpaired) electrons. The molecule has 4 heteroatoms. The van der Waals surface area contributed by atoms with Crippen LogP contribution in [0.3, 0.4) is 0 Å². The molecule has 0 spiro atoms. The number of furan rings is 1. The Balaban J connectivity index is 2.00. The van der Waals surface area contributed by atoms with E-state index in [1.54, 1.807) is 22.8 Å². The molecule has 3 nitrogen and oxygen atoms in total. The van der Waals surface area contributed by atoms with Crippen molar-refractivity contribution < 1.29 is 13.4 Å². The van der Waals surface area contributed by atoms with Crippen molar-refractivity contribution in [2.24, 2.45) is 7.05 Å². The third-order valence-electron chi connectivity index (χ3n) is 4.30. The molecule has 0 aliphatic rings. The lowest BCUT2D eigenvalue weighted by molar-refractivity contribution is -0.661. The first kappa shape index (κ1) is 14.4. The second kappa shape index (κ2) is 5.17. The third-order valence-corrected chi connectivity index (χ3v) is 4.30. The molecule has 2 heterocycles. The van der Waals surface area contributed by atoms with Crippen LogP contribution in [0.2, 0.25) is 0 Å². The molecule has 2 aromatic carbocycles. The van der Waals surface area contributed by atoms with Gasteiger partial charge >= 0.3 is 0 Å². The Morgan fingerprint density at radius 3 is 2.58 bits per heavy atom. The van der Waals surface area contributed by atoms with E-state index in [0.29, 0.717) is 11.3 Å². The Labute approximate surface area is 138 Å². The molecule has 24 heavy (non-hydrogen) atoms. The fraction of sp³-hybridized carbons (Fsp3) is 0.100. The molecule has 2 aromatic heterocycles. The first-order valence-corrected chi connectivity index (χ1v) is 7.57. The zero-order valence-corrected chi connectivity index (χ0v) is 13.3. The van der Waals surface area contributed by atoms with Gasteiger partial charge in [0, 0.05) is 16.8 Å². The lowest BCUT2D eigenvalue weighted by Crippen LogP contribution is -2.31. The van der Waals surface area contributed by atoms with Crippen LogP contribution in [-0.2, 0) is 7.05 Å². The highest BCUT2D eigenvalue weighted by molar-refractivity contribution is 6.07. The van der Waals surface area contributed by atoms with Gasteiger partial charge in [-0.3, -0.25) is 0 Å². The fourth-order valence-electron chi connectivity index (χ4n) is 3.12. The SMILES string of the molecule is [C-]#[N+]c1ccc2c(c1)oc1cc(-c3ccc(F)c[n+]3C)c(C)cc12. The summed E-state index contributed by atoms with van der Waals surface area (Å²) in [6, 6.07) is 12.8. The third kappa shape index (κ3) is 2.14. The lowest BCUT2D eigenvalue weighted by atomic mass is 10.0. The van der Waals surface area contributed by atoms with Crippen LogP contribution in [0.4, 0.5) is 10.1 Å². The van der Waals surface area contributed by atoms with E-state index in [9.17, 15) is 4.39 Å². The van der Waals surface area contributed by atoms with Crippen molar-refractivity contribution >= 4 is 27.6 Å². The van der Waals surface area contributed by atoms with E-state index in [1.807, 2.05) is 26.1 Å². The van der Waals surface area contributed by atoms with E-state index in [-0.39, 0.29) is 5.82 Å². The van der Waals surface area contributed by atoms with Crippen molar-refractivity contribution in [2.45, 2.75) is 6.92 Å². The monoisotopic (exact) mass is 317 g/mol. The number of fused-ring (bicyclic) bond motifs is 3. The van der Waals surface area contributed by atoms with Gasteiger partial charge < -0.3 is 4.42 Å². The van der Waals surface area contributed by atoms with E-state index in [1.165, 1.54) is 12.3 Å². The Bertz CT molecular complexity index is 1150. The van der Waals surface area contributed by atoms with Crippen LogP contribution in [0, 0.1) is 19.3 Å². The largest absolute Gasteiger partial charge is 0.457 e. The molecule has 0 saturated heterocycles. The molecule has 0 aliphatic carbocycles. The van der Waals surface area contributed by atoms with Gasteiger partial charge in [-0.05, 0) is 36.8 Å². The molecule has 0 N–H and O–H groups in total. The van der Waals surface area contributed by atoms with Gasteiger partial charge in [0.05, 0.1) is 12.1 Å². The summed E-state index contributed by atoms with van der Waals surface area (Å²) in [4.78, 5) is 3.44. The zero-order valence-electron chi connectivity index (χ0n) is 13.3. The highest BCUT2D eigenvalue weighted by Gasteiger charge is 2.17. The highest BCUT2D eigenvalue weighted by atomic mass is 19.1. The molecule has 0 bridgehead atoms. The first-order valence-electron chi connectivity index (χ1n) is 7.57. The maximum Gasteiger partial charge on any atom is 0.212 e. The summed E-state index contributed by atoms with van der Waals surface area (Å²) in [5.74, 6) is -0.268. The summed E-state index contributed by atoms with van der Waals surface area (Å²) in [6.07, 6.45) is 1.46. The number of aryl methyl sites for hydroxylation is 2. The summed E-state index contributed by atoms with van der Waals surface area (Å²) >= 11 is 0. The van der Waals surface area contributed by atoms with Crippen LogP contribution >= 0.6 is 0 Å². The fourth-order valence-corrected chi connectivity index (χ4v) is 3.12. The summed E-state index contributed by atoms with van der Waals surface area (Å²) in [6.45, 7) is 9.16. The smallest absolute Gasteiger partial charge is 0.212 e. The number of rotatable bonds is 1. The van der Waals surface area contributed by atoms with Crippen LogP contribution in [0.15, 0.2) is 53.1 Å². The Morgan fingerprint density at radius 1 is 1.04 bits per heavy atom. The van der Waals surface area contributed by atoms with Crippen molar-refractivity contribution in [1.29, 1.82) is 0 Å². The normalized spacial score (nSPS) is 11.1. The molecule has 0 saturated carbocycles. The maximum absolute atomic E-state index is 13.4. The quantitative estimate of drug-likeness (QED) is 0.354. The Hall–Kier alpha value is -3.19. The standard InChI is InChI=1S/C20H14FN2O/c1-12-8-17-15-6-5-14(22-2)9-19(15)24-20(17)10-16(12)18-7-4-13(21)11-23(18)3/h4-11H,1,3H3/q+1. The lowest BCUT2D eigenvalue weighted by Gasteiger charge is -2.04. The molecular weight excluding hydrogens is 303 g/mol. The number of benzene rings is 2. The average molecular weight is 317 g/mol. The molecule has 4 rings (SSSR count). The number of halogens is 1. The number of aromatic nitrogens is 1. The predicted octanol–water partition coefficient (Wildman–Crippen LogP) is 5.08. The van der Waals surface area contributed by atoms with Gasteiger partial charge in [0.2, 0.25) is 11.9 Å². The minimum Gasteiger partial charge on any atom is -0.457 e. The van der Waals surface area contributed by atoms with Crippen LogP contribution < -0.4 is 4.57 Å². The van der Waals surface area contributed by atoms with Crippen LogP contribution in [0.25, 0.3) is 38.0 Å². The molecule has 4 aromatic rings. The van der Waals surface area contributed by atoms with Crippen molar-refractivity contribution in [2.75, 3.05) is 0 Å². The summed E-state index contributed by atoms with van der Waals surface area (Å²) in [7, 11) is 1.82. The van der Waals surface area contributed by atoms with E-state index in [0.717, 1.165) is 33.2 Å². The topological polar surface area (TPSA) is 21.4 Å². The van der Waals surface area contributed by atoms with Crippen LogP contribution in [-0.4, -0.2) is 0 Å². The van der Waals surface area contributed by atoms with Gasteiger partial charge in [-0.15, -0.1) is 0 Å². The van der Waals surface area contributed by atoms with E-state index in [4.69, 9.17) is 11.0 Å². The van der Waals surface area contributed by atoms with E-state index >= 15 is 0 Å². The molecule has 0 fully saturated rings. The summed E-state index contributed by atoms with van der Waals surface area (Å²) in [5, 5.41) is 2.02. The van der Waals surface area contributed by atoms with Gasteiger partial charge in [-0.1, -0.05) is 12.1 Å². The first-order chi connectivity index (χ1) is 11.6. The average Bonchev–Trinajstić information content (AvgIpc) is 2.91. The molecule has 0 atom stereocenters. The van der Waals surface area contributed by atoms with E-state index in [2.05, 4.69) is 10.9 Å². The number of nitrogens with zero attached hydrogens (tertiary/aromatic N) is 2. The highest BCUT2D eigenvalue weighted by Crippen LogP contribution is 2.35. The van der Waals surface area contributed by atoms with Gasteiger partial charge in [0.1, 0.15) is 18.2 Å². The predicted molar refractivity (Wildman–Crippen MR) is 91.3 cm³/mol. The number of hydrogen-bond donors (Lipinski definition) is 0. The second-order valence-corrected chi connectivity index (χ2v) is 5.90. The summed E-state index contributed by atoms with van der Waals surface area (Å²) < 4.78 is 21.1. The van der Waals surface area contributed by atoms with Crippen molar-refractivity contribution in [1.82, 2.24) is 0 Å². The second-order valence-electron chi connectivity index (χ2n) is 5.90. The van der Waals surface area contributed by atoms with Gasteiger partial charge in [0.15, 0.2) is 11.5 Å². The van der Waals surface area contributed by atoms with Crippen molar-refractivity contribution in [3.05, 3.63) is 71.5 Å². The van der Waals surface area contributed by atoms with Gasteiger partial charge in [-0.25, -0.2) is 9.24 Å². The molecule has 0 aliphatic heterocycles. The van der Waals surface area contributed by atoms with Crippen LogP contribution in [0.5, 0.6) is 0 Å². The van der Waals surface area contributed by atoms with Crippen LogP contribution in [0.1, 0.15) is 5.56 Å². The molecule has 116 valence electrons. The zero-order chi connectivity index (χ0) is 16.8. The van der Waals surface area contributed by atoms with Crippen molar-refractivity contribution in [3.63, 3.8) is 0 Å². The number of pyridine rings is 1. The summed E-state index contributed by atoms with van der Waals surface area (Å²) in [5.41, 5.74) is 5.02. The van der Waals surface area contributed by atoms with Crippen molar-refractivity contribution in [3.8, 4) is 11.3 Å². The maximum atomic E-state index is 13.4. The molecule has 0 amide bonds. The van der Waals surface area contributed by atoms with Gasteiger partial charge in [-0.2, -0.15) is 4.57 Å². The minimum atomic E-state index is -0.268. The van der Waals surface area contributed by atoms with Gasteiger partial charge in [0.25, 0.3) is 0 Å². The van der Waals surface area contributed by atoms with E-state index < -0.39 is 0 Å². The molecular formula is C20H14FN2O+.